The van der Waals surface area contributed by atoms with E-state index >= 15 is 0 Å². The molecule has 8 heteroatoms. The molecule has 0 radical (unpaired) electrons. The highest BCUT2D eigenvalue weighted by molar-refractivity contribution is 14.0. The van der Waals surface area contributed by atoms with Gasteiger partial charge in [-0.2, -0.15) is 0 Å². The van der Waals surface area contributed by atoms with Crippen molar-refractivity contribution in [2.75, 3.05) is 19.6 Å². The minimum atomic E-state index is -0.0354. The number of hydrogen-bond donors (Lipinski definition) is 3. The van der Waals surface area contributed by atoms with Gasteiger partial charge in [0.25, 0.3) is 5.91 Å². The summed E-state index contributed by atoms with van der Waals surface area (Å²) in [5, 5.41) is 10.7. The van der Waals surface area contributed by atoms with Gasteiger partial charge in [-0.15, -0.1) is 35.3 Å². The fourth-order valence-electron chi connectivity index (χ4n) is 2.60. The average Bonchev–Trinajstić information content (AvgIpc) is 3.01. The van der Waals surface area contributed by atoms with Crippen LogP contribution in [0.15, 0.2) is 29.3 Å². The number of aryl methyl sites for hydroxylation is 2. The molecule has 0 bridgehead atoms. The van der Waals surface area contributed by atoms with Crippen molar-refractivity contribution in [2.24, 2.45) is 4.99 Å². The topological polar surface area (TPSA) is 78.4 Å². The maximum Gasteiger partial charge on any atom is 0.251 e. The molecule has 1 aromatic carbocycles. The third-order valence-corrected chi connectivity index (χ3v) is 5.33. The van der Waals surface area contributed by atoms with Crippen LogP contribution in [0, 0.1) is 13.8 Å². The van der Waals surface area contributed by atoms with Crippen molar-refractivity contribution in [1.29, 1.82) is 0 Å². The van der Waals surface area contributed by atoms with Crippen molar-refractivity contribution in [3.63, 3.8) is 0 Å². The second-order valence-electron chi connectivity index (χ2n) is 6.58. The number of nitrogens with one attached hydrogen (secondary N) is 3. The first kappa shape index (κ1) is 25.4. The summed E-state index contributed by atoms with van der Waals surface area (Å²) in [4.78, 5) is 22.6. The molecule has 3 N–H and O–H groups in total. The van der Waals surface area contributed by atoms with Crippen molar-refractivity contribution >= 4 is 47.2 Å². The Bertz CT molecular complexity index is 787. The number of hydrogen-bond acceptors (Lipinski definition) is 4. The van der Waals surface area contributed by atoms with E-state index in [0.717, 1.165) is 48.2 Å². The fourth-order valence-corrected chi connectivity index (χ4v) is 3.53. The largest absolute Gasteiger partial charge is 0.357 e. The van der Waals surface area contributed by atoms with Crippen LogP contribution in [-0.4, -0.2) is 36.5 Å². The summed E-state index contributed by atoms with van der Waals surface area (Å²) in [7, 11) is 0. The Balaban J connectivity index is 0.00000420. The Labute approximate surface area is 195 Å². The van der Waals surface area contributed by atoms with Gasteiger partial charge >= 0.3 is 0 Å². The lowest BCUT2D eigenvalue weighted by Crippen LogP contribution is -2.38. The Morgan fingerprint density at radius 2 is 1.93 bits per heavy atom. The van der Waals surface area contributed by atoms with E-state index in [9.17, 15) is 4.79 Å². The lowest BCUT2D eigenvalue weighted by Gasteiger charge is -2.11. The third-order valence-electron chi connectivity index (χ3n) is 4.19. The van der Waals surface area contributed by atoms with E-state index in [0.29, 0.717) is 18.7 Å². The number of thiazole rings is 1. The molecule has 2 aromatic rings. The van der Waals surface area contributed by atoms with Gasteiger partial charge in [0.05, 0.1) is 17.2 Å². The van der Waals surface area contributed by atoms with Gasteiger partial charge in [0, 0.05) is 36.5 Å². The first-order valence-electron chi connectivity index (χ1n) is 9.85. The quantitative estimate of drug-likeness (QED) is 0.262. The smallest absolute Gasteiger partial charge is 0.251 e. The van der Waals surface area contributed by atoms with Crippen molar-refractivity contribution in [1.82, 2.24) is 20.9 Å². The lowest BCUT2D eigenvalue weighted by atomic mass is 10.1. The molecule has 6 nitrogen and oxygen atoms in total. The number of carbonyl (C=O) groups excluding carboxylic acids is 1. The van der Waals surface area contributed by atoms with Crippen LogP contribution in [0.4, 0.5) is 0 Å². The van der Waals surface area contributed by atoms with Crippen LogP contribution in [0.5, 0.6) is 0 Å². The maximum absolute atomic E-state index is 12.1. The zero-order valence-corrected chi connectivity index (χ0v) is 20.8. The molecular weight excluding hydrogens is 497 g/mol. The minimum absolute atomic E-state index is 0. The monoisotopic (exact) mass is 529 g/mol. The molecule has 0 saturated carbocycles. The van der Waals surface area contributed by atoms with Crippen LogP contribution in [0.2, 0.25) is 0 Å². The number of carbonyl (C=O) groups is 1. The molecule has 0 spiro atoms. The van der Waals surface area contributed by atoms with Gasteiger partial charge in [0.1, 0.15) is 0 Å². The van der Waals surface area contributed by atoms with Gasteiger partial charge < -0.3 is 16.0 Å². The second kappa shape index (κ2) is 13.5. The highest BCUT2D eigenvalue weighted by Gasteiger charge is 2.06. The van der Waals surface area contributed by atoms with E-state index < -0.39 is 0 Å². The van der Waals surface area contributed by atoms with Gasteiger partial charge in [-0.05, 0) is 44.9 Å². The number of nitrogens with zero attached hydrogens (tertiary/aromatic N) is 2. The Morgan fingerprint density at radius 3 is 2.59 bits per heavy atom. The summed E-state index contributed by atoms with van der Waals surface area (Å²) in [5.41, 5.74) is 2.80. The molecule has 0 aliphatic heterocycles. The molecule has 0 saturated heterocycles. The summed E-state index contributed by atoms with van der Waals surface area (Å²) in [6.45, 7) is 11.0. The first-order chi connectivity index (χ1) is 13.5. The van der Waals surface area contributed by atoms with E-state index in [4.69, 9.17) is 0 Å². The van der Waals surface area contributed by atoms with Crippen LogP contribution in [0.25, 0.3) is 0 Å². The van der Waals surface area contributed by atoms with E-state index in [1.54, 1.807) is 11.3 Å². The predicted molar refractivity (Wildman–Crippen MR) is 133 cm³/mol. The number of rotatable bonds is 9. The second-order valence-corrected chi connectivity index (χ2v) is 7.87. The molecule has 0 atom stereocenters. The third kappa shape index (κ3) is 8.69. The van der Waals surface area contributed by atoms with Crippen molar-refractivity contribution in [2.45, 2.75) is 47.1 Å². The molecule has 0 unspecified atom stereocenters. The lowest BCUT2D eigenvalue weighted by molar-refractivity contribution is 0.0953. The van der Waals surface area contributed by atoms with E-state index in [-0.39, 0.29) is 29.9 Å². The van der Waals surface area contributed by atoms with Gasteiger partial charge in [-0.25, -0.2) is 9.98 Å². The molecule has 1 heterocycles. The fraction of sp³-hybridized carbons (Fsp3) is 0.476. The van der Waals surface area contributed by atoms with Crippen molar-refractivity contribution < 1.29 is 4.79 Å². The number of amides is 1. The van der Waals surface area contributed by atoms with Crippen LogP contribution in [0.3, 0.4) is 0 Å². The normalized spacial score (nSPS) is 11.0. The number of benzene rings is 1. The van der Waals surface area contributed by atoms with E-state index in [2.05, 4.69) is 32.9 Å². The zero-order valence-electron chi connectivity index (χ0n) is 17.7. The Morgan fingerprint density at radius 1 is 1.14 bits per heavy atom. The average molecular weight is 529 g/mol. The standard InChI is InChI=1S/C21H31N5OS.HI/c1-5-11-23-20(27)18-9-7-8-17(13-18)14-25-21(22-6-2)24-12-10-19-26-15(3)16(4)28-19;/h7-9,13H,5-6,10-12,14H2,1-4H3,(H,23,27)(H2,22,24,25);1H. The summed E-state index contributed by atoms with van der Waals surface area (Å²) in [5.74, 6) is 0.736. The molecule has 2 rings (SSSR count). The SMILES string of the molecule is CCCNC(=O)c1cccc(CN=C(NCC)NCCc2nc(C)c(C)s2)c1.I. The highest BCUT2D eigenvalue weighted by Crippen LogP contribution is 2.16. The zero-order chi connectivity index (χ0) is 20.4. The van der Waals surface area contributed by atoms with Crippen LogP contribution < -0.4 is 16.0 Å². The molecule has 0 aliphatic carbocycles. The Hall–Kier alpha value is -1.68. The molecule has 29 heavy (non-hydrogen) atoms. The molecule has 1 aromatic heterocycles. The van der Waals surface area contributed by atoms with Crippen LogP contribution in [-0.2, 0) is 13.0 Å². The molecule has 1 amide bonds. The molecular formula is C21H32IN5OS. The molecule has 0 aliphatic rings. The van der Waals surface area contributed by atoms with Gasteiger partial charge in [-0.3, -0.25) is 4.79 Å². The summed E-state index contributed by atoms with van der Waals surface area (Å²) >= 11 is 1.75. The van der Waals surface area contributed by atoms with Crippen LogP contribution in [0.1, 0.15) is 51.8 Å². The van der Waals surface area contributed by atoms with Crippen molar-refractivity contribution in [3.05, 3.63) is 51.0 Å². The minimum Gasteiger partial charge on any atom is -0.357 e. The van der Waals surface area contributed by atoms with Crippen LogP contribution >= 0.6 is 35.3 Å². The predicted octanol–water partition coefficient (Wildman–Crippen LogP) is 3.82. The van der Waals surface area contributed by atoms with E-state index in [1.807, 2.05) is 45.0 Å². The molecule has 160 valence electrons. The van der Waals surface area contributed by atoms with Gasteiger partial charge in [0.15, 0.2) is 5.96 Å². The molecule has 0 fully saturated rings. The maximum atomic E-state index is 12.1. The number of halogens is 1. The van der Waals surface area contributed by atoms with Gasteiger partial charge in [0.2, 0.25) is 0 Å². The number of aromatic nitrogens is 1. The number of guanidine groups is 1. The summed E-state index contributed by atoms with van der Waals surface area (Å²) < 4.78 is 0. The van der Waals surface area contributed by atoms with Gasteiger partial charge in [-0.1, -0.05) is 19.1 Å². The summed E-state index contributed by atoms with van der Waals surface area (Å²) in [6, 6.07) is 7.63. The van der Waals surface area contributed by atoms with E-state index in [1.165, 1.54) is 4.88 Å². The van der Waals surface area contributed by atoms with Crippen molar-refractivity contribution in [3.8, 4) is 0 Å². The Kier molecular flexibility index (Phi) is 11.8. The summed E-state index contributed by atoms with van der Waals surface area (Å²) in [6.07, 6.45) is 1.80. The first-order valence-corrected chi connectivity index (χ1v) is 10.7. The highest BCUT2D eigenvalue weighted by atomic mass is 127. The number of aliphatic imine (C=N–C) groups is 1.